The Morgan fingerprint density at radius 1 is 1.18 bits per heavy atom. The predicted molar refractivity (Wildman–Crippen MR) is 104 cm³/mol. The molecule has 0 amide bonds. The van der Waals surface area contributed by atoms with Crippen LogP contribution in [0.1, 0.15) is 33.7 Å². The topological polar surface area (TPSA) is 72.2 Å². The standard InChI is InChI=1S/C21H18ClFN2O3/c1-13-9-17(25(24-13)16-4-2-3-15(22)12-16)6-7-18(26)10-14-5-8-19(21(27)28)20(23)11-14/h2-5,8-9,11-12H,6-7,10H2,1H3,(H,27,28). The van der Waals surface area contributed by atoms with Crippen molar-refractivity contribution in [3.8, 4) is 5.69 Å². The number of hydrogen-bond acceptors (Lipinski definition) is 3. The van der Waals surface area contributed by atoms with E-state index in [9.17, 15) is 14.0 Å². The van der Waals surface area contributed by atoms with Gasteiger partial charge in [0, 0.05) is 23.6 Å². The van der Waals surface area contributed by atoms with Crippen molar-refractivity contribution in [3.63, 3.8) is 0 Å². The zero-order valence-electron chi connectivity index (χ0n) is 15.2. The number of carboxylic acid groups (broad SMARTS) is 1. The molecule has 0 radical (unpaired) electrons. The molecule has 1 N–H and O–H groups in total. The van der Waals surface area contributed by atoms with Gasteiger partial charge in [-0.1, -0.05) is 23.7 Å². The lowest BCUT2D eigenvalue weighted by Crippen LogP contribution is -2.09. The van der Waals surface area contributed by atoms with Gasteiger partial charge >= 0.3 is 5.97 Å². The third-order valence-electron chi connectivity index (χ3n) is 4.28. The summed E-state index contributed by atoms with van der Waals surface area (Å²) in [6.07, 6.45) is 0.775. The van der Waals surface area contributed by atoms with Gasteiger partial charge in [-0.2, -0.15) is 5.10 Å². The van der Waals surface area contributed by atoms with Gasteiger partial charge in [0.15, 0.2) is 0 Å². The van der Waals surface area contributed by atoms with Crippen LogP contribution in [0.4, 0.5) is 4.39 Å². The van der Waals surface area contributed by atoms with Crippen molar-refractivity contribution in [1.82, 2.24) is 9.78 Å². The maximum absolute atomic E-state index is 13.8. The maximum Gasteiger partial charge on any atom is 0.338 e. The van der Waals surface area contributed by atoms with E-state index in [1.807, 2.05) is 25.1 Å². The smallest absolute Gasteiger partial charge is 0.338 e. The molecule has 0 aliphatic heterocycles. The molecule has 144 valence electrons. The quantitative estimate of drug-likeness (QED) is 0.637. The lowest BCUT2D eigenvalue weighted by molar-refractivity contribution is -0.118. The molecule has 2 aromatic carbocycles. The van der Waals surface area contributed by atoms with Crippen LogP contribution in [-0.2, 0) is 17.6 Å². The Bertz CT molecular complexity index is 1050. The molecule has 0 fully saturated rings. The molecule has 1 aromatic heterocycles. The number of ketones is 1. The molecule has 28 heavy (non-hydrogen) atoms. The summed E-state index contributed by atoms with van der Waals surface area (Å²) in [5.74, 6) is -2.24. The van der Waals surface area contributed by atoms with E-state index < -0.39 is 17.3 Å². The van der Waals surface area contributed by atoms with E-state index in [0.717, 1.165) is 23.1 Å². The average Bonchev–Trinajstić information content (AvgIpc) is 3.00. The predicted octanol–water partition coefficient (Wildman–Crippen LogP) is 4.42. The van der Waals surface area contributed by atoms with Gasteiger partial charge in [0.05, 0.1) is 16.9 Å². The van der Waals surface area contributed by atoms with Crippen molar-refractivity contribution in [1.29, 1.82) is 0 Å². The largest absolute Gasteiger partial charge is 0.478 e. The molecule has 3 rings (SSSR count). The molecule has 5 nitrogen and oxygen atoms in total. The molecule has 0 aliphatic rings. The summed E-state index contributed by atoms with van der Waals surface area (Å²) in [5.41, 5.74) is 2.56. The number of carboxylic acids is 1. The van der Waals surface area contributed by atoms with Crippen molar-refractivity contribution >= 4 is 23.4 Å². The highest BCUT2D eigenvalue weighted by Crippen LogP contribution is 2.19. The van der Waals surface area contributed by atoms with Gasteiger partial charge in [-0.05, 0) is 55.3 Å². The van der Waals surface area contributed by atoms with Gasteiger partial charge in [-0.15, -0.1) is 0 Å². The van der Waals surface area contributed by atoms with Crippen molar-refractivity contribution in [3.05, 3.63) is 81.9 Å². The number of benzene rings is 2. The Morgan fingerprint density at radius 2 is 1.96 bits per heavy atom. The molecule has 0 atom stereocenters. The number of aryl methyl sites for hydroxylation is 2. The van der Waals surface area contributed by atoms with E-state index >= 15 is 0 Å². The number of carbonyl (C=O) groups excluding carboxylic acids is 1. The molecular formula is C21H18ClFN2O3. The highest BCUT2D eigenvalue weighted by Gasteiger charge is 2.14. The first-order valence-corrected chi connectivity index (χ1v) is 9.06. The van der Waals surface area contributed by atoms with Crippen LogP contribution in [0.5, 0.6) is 0 Å². The van der Waals surface area contributed by atoms with E-state index in [-0.39, 0.29) is 18.6 Å². The van der Waals surface area contributed by atoms with Crippen molar-refractivity contribution < 1.29 is 19.1 Å². The van der Waals surface area contributed by atoms with Crippen LogP contribution in [0.2, 0.25) is 5.02 Å². The van der Waals surface area contributed by atoms with E-state index in [4.69, 9.17) is 16.7 Å². The molecule has 0 aliphatic carbocycles. The maximum atomic E-state index is 13.8. The Kier molecular flexibility index (Phi) is 5.90. The monoisotopic (exact) mass is 400 g/mol. The van der Waals surface area contributed by atoms with Gasteiger partial charge in [-0.3, -0.25) is 4.79 Å². The van der Waals surface area contributed by atoms with Gasteiger partial charge < -0.3 is 5.11 Å². The fourth-order valence-corrected chi connectivity index (χ4v) is 3.17. The number of nitrogens with zero attached hydrogens (tertiary/aromatic N) is 2. The van der Waals surface area contributed by atoms with Crippen LogP contribution in [0, 0.1) is 12.7 Å². The molecule has 0 bridgehead atoms. The average molecular weight is 401 g/mol. The summed E-state index contributed by atoms with van der Waals surface area (Å²) in [6, 6.07) is 12.9. The molecule has 3 aromatic rings. The number of halogens is 2. The SMILES string of the molecule is Cc1cc(CCC(=O)Cc2ccc(C(=O)O)c(F)c2)n(-c2cccc(Cl)c2)n1. The van der Waals surface area contributed by atoms with Crippen LogP contribution >= 0.6 is 11.6 Å². The van der Waals surface area contributed by atoms with E-state index in [1.165, 1.54) is 12.1 Å². The minimum absolute atomic E-state index is 0.0428. The lowest BCUT2D eigenvalue weighted by Gasteiger charge is -2.08. The van der Waals surface area contributed by atoms with Gasteiger partial charge in [0.1, 0.15) is 11.6 Å². The Hall–Kier alpha value is -2.99. The summed E-state index contributed by atoms with van der Waals surface area (Å²) >= 11 is 6.05. The Labute approximate surface area is 166 Å². The second kappa shape index (κ2) is 8.35. The van der Waals surface area contributed by atoms with Crippen molar-refractivity contribution in [2.24, 2.45) is 0 Å². The third-order valence-corrected chi connectivity index (χ3v) is 4.52. The van der Waals surface area contributed by atoms with Gasteiger partial charge in [-0.25, -0.2) is 13.9 Å². The number of aromatic nitrogens is 2. The first-order chi connectivity index (χ1) is 13.3. The minimum Gasteiger partial charge on any atom is -0.478 e. The molecule has 7 heteroatoms. The number of carbonyl (C=O) groups is 2. The minimum atomic E-state index is -1.33. The third kappa shape index (κ3) is 4.64. The number of aromatic carboxylic acids is 1. The first-order valence-electron chi connectivity index (χ1n) is 8.68. The summed E-state index contributed by atoms with van der Waals surface area (Å²) < 4.78 is 15.5. The number of rotatable bonds is 7. The zero-order valence-corrected chi connectivity index (χ0v) is 15.9. The molecular weight excluding hydrogens is 383 g/mol. The van der Waals surface area contributed by atoms with Gasteiger partial charge in [0.25, 0.3) is 0 Å². The molecule has 0 unspecified atom stereocenters. The van der Waals surface area contributed by atoms with Crippen LogP contribution in [-0.4, -0.2) is 26.6 Å². The molecule has 0 saturated carbocycles. The lowest BCUT2D eigenvalue weighted by atomic mass is 10.0. The van der Waals surface area contributed by atoms with Crippen molar-refractivity contribution in [2.45, 2.75) is 26.2 Å². The first kappa shape index (κ1) is 19.8. The van der Waals surface area contributed by atoms with Crippen LogP contribution in [0.3, 0.4) is 0 Å². The van der Waals surface area contributed by atoms with E-state index in [2.05, 4.69) is 5.10 Å². The van der Waals surface area contributed by atoms with Crippen LogP contribution in [0.15, 0.2) is 48.5 Å². The summed E-state index contributed by atoms with van der Waals surface area (Å²) in [5, 5.41) is 13.9. The molecule has 0 spiro atoms. The summed E-state index contributed by atoms with van der Waals surface area (Å²) in [4.78, 5) is 23.2. The van der Waals surface area contributed by atoms with E-state index in [0.29, 0.717) is 17.0 Å². The zero-order chi connectivity index (χ0) is 20.3. The fourth-order valence-electron chi connectivity index (χ4n) is 2.99. The second-order valence-corrected chi connectivity index (χ2v) is 6.94. The van der Waals surface area contributed by atoms with E-state index in [1.54, 1.807) is 16.8 Å². The summed E-state index contributed by atoms with van der Waals surface area (Å²) in [7, 11) is 0. The molecule has 1 heterocycles. The van der Waals surface area contributed by atoms with Crippen LogP contribution < -0.4 is 0 Å². The Balaban J connectivity index is 1.69. The molecule has 0 saturated heterocycles. The number of hydrogen-bond donors (Lipinski definition) is 1. The normalized spacial score (nSPS) is 10.8. The second-order valence-electron chi connectivity index (χ2n) is 6.50. The summed E-state index contributed by atoms with van der Waals surface area (Å²) in [6.45, 7) is 1.87. The van der Waals surface area contributed by atoms with Gasteiger partial charge in [0.2, 0.25) is 0 Å². The Morgan fingerprint density at radius 3 is 2.64 bits per heavy atom. The fraction of sp³-hybridized carbons (Fsp3) is 0.190. The highest BCUT2D eigenvalue weighted by molar-refractivity contribution is 6.30. The number of Topliss-reactive ketones (excluding diaryl/α,β-unsaturated/α-hetero) is 1. The highest BCUT2D eigenvalue weighted by atomic mass is 35.5. The van der Waals surface area contributed by atoms with Crippen LogP contribution in [0.25, 0.3) is 5.69 Å². The van der Waals surface area contributed by atoms with Crippen molar-refractivity contribution in [2.75, 3.05) is 0 Å².